The number of carbonyl (C=O) groups excluding carboxylic acids is 2. The summed E-state index contributed by atoms with van der Waals surface area (Å²) in [5, 5.41) is 6.35. The fraction of sp³-hybridized carbons (Fsp3) is 0.333. The summed E-state index contributed by atoms with van der Waals surface area (Å²) in [4.78, 5) is 49.8. The van der Waals surface area contributed by atoms with Crippen LogP contribution in [0.3, 0.4) is 0 Å². The molecule has 35 heavy (non-hydrogen) atoms. The van der Waals surface area contributed by atoms with Gasteiger partial charge in [0.15, 0.2) is 23.2 Å². The molecule has 5 rings (SSSR count). The Morgan fingerprint density at radius 3 is 3.00 bits per heavy atom. The van der Waals surface area contributed by atoms with Gasteiger partial charge in [0, 0.05) is 20.1 Å². The zero-order valence-electron chi connectivity index (χ0n) is 18.5. The maximum absolute atomic E-state index is 14.4. The summed E-state index contributed by atoms with van der Waals surface area (Å²) < 4.78 is 26.7. The minimum Gasteiger partial charge on any atom is -0.487 e. The lowest BCUT2D eigenvalue weighted by Crippen LogP contribution is -2.33. The van der Waals surface area contributed by atoms with Gasteiger partial charge in [-0.25, -0.2) is 24.1 Å². The lowest BCUT2D eigenvalue weighted by molar-refractivity contribution is -0.113. The first-order valence-corrected chi connectivity index (χ1v) is 11.6. The van der Waals surface area contributed by atoms with Crippen molar-refractivity contribution in [2.45, 2.75) is 11.1 Å². The quantitative estimate of drug-likeness (QED) is 0.449. The van der Waals surface area contributed by atoms with E-state index in [1.807, 2.05) is 0 Å². The van der Waals surface area contributed by atoms with E-state index in [9.17, 15) is 18.8 Å². The summed E-state index contributed by atoms with van der Waals surface area (Å²) >= 11 is 1.28. The number of nitrogens with zero attached hydrogens (tertiary/aromatic N) is 5. The van der Waals surface area contributed by atoms with Gasteiger partial charge < -0.3 is 24.7 Å². The van der Waals surface area contributed by atoms with Gasteiger partial charge in [0.05, 0.1) is 30.2 Å². The minimum absolute atomic E-state index is 0.0493. The molecule has 1 saturated heterocycles. The van der Waals surface area contributed by atoms with E-state index in [0.29, 0.717) is 29.5 Å². The molecule has 2 aromatic heterocycles. The first kappa shape index (κ1) is 23.0. The molecule has 2 aliphatic heterocycles. The molecule has 0 bridgehead atoms. The molecule has 1 unspecified atom stereocenters. The first-order valence-electron chi connectivity index (χ1n) is 10.7. The van der Waals surface area contributed by atoms with E-state index >= 15 is 0 Å². The third-order valence-corrected chi connectivity index (χ3v) is 6.39. The van der Waals surface area contributed by atoms with Gasteiger partial charge in [-0.2, -0.15) is 0 Å². The highest BCUT2D eigenvalue weighted by molar-refractivity contribution is 8.00. The zero-order valence-corrected chi connectivity index (χ0v) is 19.3. The highest BCUT2D eigenvalue weighted by Gasteiger charge is 2.34. The summed E-state index contributed by atoms with van der Waals surface area (Å²) in [6, 6.07) is 2.72. The number of halogens is 1. The number of aromatic nitrogens is 4. The lowest BCUT2D eigenvalue weighted by atomic mass is 10.2. The molecule has 12 nitrogen and oxygen atoms in total. The van der Waals surface area contributed by atoms with E-state index in [1.54, 1.807) is 0 Å². The van der Waals surface area contributed by atoms with Crippen LogP contribution in [0, 0.1) is 5.82 Å². The van der Waals surface area contributed by atoms with E-state index in [-0.39, 0.29) is 47.5 Å². The molecule has 182 valence electrons. The van der Waals surface area contributed by atoms with Crippen LogP contribution in [-0.4, -0.2) is 69.6 Å². The van der Waals surface area contributed by atoms with Crippen LogP contribution in [0.25, 0.3) is 11.0 Å². The Morgan fingerprint density at radius 1 is 1.29 bits per heavy atom. The second-order valence-electron chi connectivity index (χ2n) is 7.79. The molecule has 0 saturated carbocycles. The third-order valence-electron chi connectivity index (χ3n) is 5.41. The van der Waals surface area contributed by atoms with Gasteiger partial charge in [-0.3, -0.25) is 14.5 Å². The predicted octanol–water partition coefficient (Wildman–Crippen LogP) is 0.901. The SMILES string of the molecule is Cn1c(=O)cnc2ccc(F)c(OCCNCC3CN(c4cnc5c(n4)NC(=O)CS5)C(=O)O3)c21. The second kappa shape index (κ2) is 9.46. The Hall–Kier alpha value is -3.78. The number of hydrogen-bond donors (Lipinski definition) is 2. The Labute approximate surface area is 201 Å². The van der Waals surface area contributed by atoms with Crippen molar-refractivity contribution in [2.75, 3.05) is 42.2 Å². The van der Waals surface area contributed by atoms with E-state index in [2.05, 4.69) is 25.6 Å². The number of cyclic esters (lactones) is 1. The highest BCUT2D eigenvalue weighted by atomic mass is 32.2. The molecule has 0 aliphatic carbocycles. The van der Waals surface area contributed by atoms with Gasteiger partial charge >= 0.3 is 6.09 Å². The fourth-order valence-electron chi connectivity index (χ4n) is 3.71. The molecule has 1 aromatic carbocycles. The molecule has 2 amide bonds. The molecule has 14 heteroatoms. The first-order chi connectivity index (χ1) is 16.9. The van der Waals surface area contributed by atoms with E-state index in [0.717, 1.165) is 0 Å². The molecule has 2 N–H and O–H groups in total. The average Bonchev–Trinajstić information content (AvgIpc) is 3.22. The number of rotatable bonds is 7. The van der Waals surface area contributed by atoms with Crippen LogP contribution < -0.4 is 25.8 Å². The Balaban J connectivity index is 1.15. The maximum atomic E-state index is 14.4. The normalized spacial score (nSPS) is 17.3. The number of amides is 2. The number of nitrogens with one attached hydrogen (secondary N) is 2. The number of fused-ring (bicyclic) bond motifs is 2. The van der Waals surface area contributed by atoms with Gasteiger partial charge in [0.1, 0.15) is 23.3 Å². The molecule has 4 heterocycles. The Morgan fingerprint density at radius 2 is 2.14 bits per heavy atom. The average molecular weight is 502 g/mol. The summed E-state index contributed by atoms with van der Waals surface area (Å²) in [5.41, 5.74) is 0.347. The molecular weight excluding hydrogens is 481 g/mol. The van der Waals surface area contributed by atoms with Crippen molar-refractivity contribution >= 4 is 46.4 Å². The molecule has 0 radical (unpaired) electrons. The van der Waals surface area contributed by atoms with E-state index in [1.165, 1.54) is 52.8 Å². The molecule has 3 aromatic rings. The molecule has 1 fully saturated rings. The van der Waals surface area contributed by atoms with Crippen LogP contribution in [-0.2, 0) is 16.6 Å². The molecule has 1 atom stereocenters. The van der Waals surface area contributed by atoms with Gasteiger partial charge in [-0.05, 0) is 12.1 Å². The number of carbonyl (C=O) groups is 2. The second-order valence-corrected chi connectivity index (χ2v) is 8.75. The number of hydrogen-bond acceptors (Lipinski definition) is 10. The summed E-state index contributed by atoms with van der Waals surface area (Å²) in [6.45, 7) is 1.01. The van der Waals surface area contributed by atoms with Gasteiger partial charge in [-0.15, -0.1) is 0 Å². The topological polar surface area (TPSA) is 141 Å². The zero-order chi connectivity index (χ0) is 24.5. The molecule has 0 spiro atoms. The van der Waals surface area contributed by atoms with Crippen LogP contribution in [0.1, 0.15) is 0 Å². The highest BCUT2D eigenvalue weighted by Crippen LogP contribution is 2.30. The number of anilines is 2. The van der Waals surface area contributed by atoms with E-state index < -0.39 is 18.0 Å². The van der Waals surface area contributed by atoms with Crippen molar-refractivity contribution in [3.8, 4) is 5.75 Å². The van der Waals surface area contributed by atoms with Gasteiger partial charge in [0.2, 0.25) is 5.91 Å². The third kappa shape index (κ3) is 4.61. The number of aryl methyl sites for hydroxylation is 1. The lowest BCUT2D eigenvalue weighted by Gasteiger charge is -2.17. The largest absolute Gasteiger partial charge is 0.487 e. The van der Waals surface area contributed by atoms with Crippen molar-refractivity contribution in [1.82, 2.24) is 24.8 Å². The Bertz CT molecular complexity index is 1380. The van der Waals surface area contributed by atoms with Crippen LogP contribution in [0.15, 0.2) is 34.3 Å². The van der Waals surface area contributed by atoms with Crippen molar-refractivity contribution in [3.05, 3.63) is 40.7 Å². The van der Waals surface area contributed by atoms with Gasteiger partial charge in [-0.1, -0.05) is 11.8 Å². The van der Waals surface area contributed by atoms with Crippen LogP contribution in [0.4, 0.5) is 20.8 Å². The number of thioether (sulfide) groups is 1. The summed E-state index contributed by atoms with van der Waals surface area (Å²) in [7, 11) is 1.52. The van der Waals surface area contributed by atoms with Crippen molar-refractivity contribution in [3.63, 3.8) is 0 Å². The number of benzene rings is 1. The smallest absolute Gasteiger partial charge is 0.416 e. The van der Waals surface area contributed by atoms with Gasteiger partial charge in [0.25, 0.3) is 5.56 Å². The monoisotopic (exact) mass is 501 g/mol. The molecule has 2 aliphatic rings. The standard InChI is InChI=1S/C21H20FN7O5S/c1-28-16(31)8-24-13-3-2-12(22)18(17(13)28)33-5-4-23-6-11-9-29(21(32)34-11)14-7-25-20-19(26-14)27-15(30)10-35-20/h2-3,7-8,11,23H,4-6,9-10H2,1H3,(H,26,27,30). The van der Waals surface area contributed by atoms with Crippen LogP contribution in [0.5, 0.6) is 5.75 Å². The van der Waals surface area contributed by atoms with Crippen molar-refractivity contribution in [1.29, 1.82) is 0 Å². The summed E-state index contributed by atoms with van der Waals surface area (Å²) in [6.07, 6.45) is 1.62. The molecular formula is C21H20FN7O5S. The van der Waals surface area contributed by atoms with Crippen LogP contribution in [0.2, 0.25) is 0 Å². The number of ether oxygens (including phenoxy) is 2. The van der Waals surface area contributed by atoms with Crippen LogP contribution >= 0.6 is 11.8 Å². The van der Waals surface area contributed by atoms with Crippen molar-refractivity contribution < 1.29 is 23.5 Å². The minimum atomic E-state index is -0.596. The van der Waals surface area contributed by atoms with E-state index in [4.69, 9.17) is 9.47 Å². The maximum Gasteiger partial charge on any atom is 0.416 e. The summed E-state index contributed by atoms with van der Waals surface area (Å²) in [5.74, 6) is 0.0564. The van der Waals surface area contributed by atoms with Crippen molar-refractivity contribution in [2.24, 2.45) is 7.05 Å². The Kier molecular flexibility index (Phi) is 6.21. The predicted molar refractivity (Wildman–Crippen MR) is 124 cm³/mol. The fourth-order valence-corrected chi connectivity index (χ4v) is 4.42.